The van der Waals surface area contributed by atoms with Gasteiger partial charge in [-0.2, -0.15) is 0 Å². The van der Waals surface area contributed by atoms with E-state index in [9.17, 15) is 18.0 Å². The standard InChI is InChI=1S/C14H14F3N5O2/c1-8-6-12(23)22(7-11(8)13(18)20-21-19)9-2-4-10(5-3-9)24-14(15,16)17/h2-7,21H,19H2,1H3,(H2,18,20). The fraction of sp³-hybridized carbons (Fsp3) is 0.143. The van der Waals surface area contributed by atoms with Crippen LogP contribution >= 0.6 is 0 Å². The molecule has 0 amide bonds. The number of rotatable bonds is 4. The van der Waals surface area contributed by atoms with Gasteiger partial charge < -0.3 is 10.5 Å². The largest absolute Gasteiger partial charge is 0.573 e. The summed E-state index contributed by atoms with van der Waals surface area (Å²) >= 11 is 0. The van der Waals surface area contributed by atoms with Crippen molar-refractivity contribution in [3.05, 3.63) is 58.0 Å². The van der Waals surface area contributed by atoms with Crippen LogP contribution in [-0.4, -0.2) is 16.8 Å². The van der Waals surface area contributed by atoms with Crippen LogP contribution in [0.25, 0.3) is 5.69 Å². The SMILES string of the molecule is Cc1cc(=O)n(-c2ccc(OC(F)(F)F)cc2)cc1/C(N)=N/NN. The summed E-state index contributed by atoms with van der Waals surface area (Å²) in [6.07, 6.45) is -3.36. The lowest BCUT2D eigenvalue weighted by molar-refractivity contribution is -0.274. The number of pyridine rings is 1. The van der Waals surface area contributed by atoms with Crippen LogP contribution in [0.15, 0.2) is 46.4 Å². The molecule has 0 atom stereocenters. The Kier molecular flexibility index (Phi) is 4.79. The van der Waals surface area contributed by atoms with E-state index in [0.717, 1.165) is 12.1 Å². The first-order chi connectivity index (χ1) is 11.2. The van der Waals surface area contributed by atoms with Crippen molar-refractivity contribution in [3.8, 4) is 11.4 Å². The second-order valence-electron chi connectivity index (χ2n) is 4.75. The highest BCUT2D eigenvalue weighted by atomic mass is 19.4. The van der Waals surface area contributed by atoms with Gasteiger partial charge in [-0.1, -0.05) is 0 Å². The molecule has 1 aromatic carbocycles. The predicted octanol–water partition coefficient (Wildman–Crippen LogP) is 1.13. The predicted molar refractivity (Wildman–Crippen MR) is 81.5 cm³/mol. The van der Waals surface area contributed by atoms with Crippen molar-refractivity contribution in [1.29, 1.82) is 0 Å². The quantitative estimate of drug-likeness (QED) is 0.334. The number of amidine groups is 1. The Morgan fingerprint density at radius 3 is 2.46 bits per heavy atom. The van der Waals surface area contributed by atoms with Crippen molar-refractivity contribution < 1.29 is 17.9 Å². The molecule has 0 aliphatic heterocycles. The highest BCUT2D eigenvalue weighted by molar-refractivity contribution is 5.98. The normalized spacial score (nSPS) is 12.1. The van der Waals surface area contributed by atoms with E-state index in [2.05, 4.69) is 9.84 Å². The van der Waals surface area contributed by atoms with Crippen LogP contribution in [0.3, 0.4) is 0 Å². The van der Waals surface area contributed by atoms with Gasteiger partial charge in [0.15, 0.2) is 5.84 Å². The molecular formula is C14H14F3N5O2. The first-order valence-electron chi connectivity index (χ1n) is 6.60. The number of aromatic nitrogens is 1. The maximum atomic E-state index is 12.2. The van der Waals surface area contributed by atoms with E-state index < -0.39 is 6.36 Å². The van der Waals surface area contributed by atoms with Gasteiger partial charge in [0.05, 0.1) is 0 Å². The first-order valence-corrected chi connectivity index (χ1v) is 6.60. The first kappa shape index (κ1) is 17.3. The van der Waals surface area contributed by atoms with Crippen LogP contribution in [0.5, 0.6) is 5.75 Å². The Balaban J connectivity index is 2.43. The van der Waals surface area contributed by atoms with Gasteiger partial charge in [-0.25, -0.2) is 11.4 Å². The van der Waals surface area contributed by atoms with Gasteiger partial charge in [0.2, 0.25) is 0 Å². The second kappa shape index (κ2) is 6.62. The summed E-state index contributed by atoms with van der Waals surface area (Å²) in [5, 5.41) is 3.64. The Hall–Kier alpha value is -3.01. The molecular weight excluding hydrogens is 327 g/mol. The van der Waals surface area contributed by atoms with E-state index in [0.29, 0.717) is 16.8 Å². The summed E-state index contributed by atoms with van der Waals surface area (Å²) < 4.78 is 41.5. The summed E-state index contributed by atoms with van der Waals surface area (Å²) in [6.45, 7) is 1.67. The van der Waals surface area contributed by atoms with Crippen LogP contribution in [0.2, 0.25) is 0 Å². The van der Waals surface area contributed by atoms with Crippen molar-refractivity contribution in [2.45, 2.75) is 13.3 Å². The molecule has 0 fully saturated rings. The molecule has 1 heterocycles. The van der Waals surface area contributed by atoms with Crippen molar-refractivity contribution in [2.75, 3.05) is 0 Å². The van der Waals surface area contributed by atoms with E-state index >= 15 is 0 Å². The molecule has 5 N–H and O–H groups in total. The van der Waals surface area contributed by atoms with Crippen LogP contribution in [0, 0.1) is 6.92 Å². The van der Waals surface area contributed by atoms with Gasteiger partial charge in [0, 0.05) is 23.5 Å². The number of ether oxygens (including phenoxy) is 1. The number of benzene rings is 1. The minimum absolute atomic E-state index is 0.0563. The van der Waals surface area contributed by atoms with E-state index in [1.165, 1.54) is 29.0 Å². The maximum Gasteiger partial charge on any atom is 0.573 e. The average molecular weight is 341 g/mol. The molecule has 0 saturated carbocycles. The summed E-state index contributed by atoms with van der Waals surface area (Å²) in [5.74, 6) is 4.74. The Morgan fingerprint density at radius 1 is 1.29 bits per heavy atom. The van der Waals surface area contributed by atoms with E-state index in [-0.39, 0.29) is 17.1 Å². The Morgan fingerprint density at radius 2 is 1.92 bits per heavy atom. The molecule has 0 bridgehead atoms. The molecule has 0 aliphatic carbocycles. The molecule has 0 radical (unpaired) electrons. The van der Waals surface area contributed by atoms with Gasteiger partial charge in [0.25, 0.3) is 5.56 Å². The number of hydrogen-bond donors (Lipinski definition) is 3. The summed E-state index contributed by atoms with van der Waals surface area (Å²) in [6, 6.07) is 6.17. The summed E-state index contributed by atoms with van der Waals surface area (Å²) in [7, 11) is 0. The zero-order valence-electron chi connectivity index (χ0n) is 12.5. The van der Waals surface area contributed by atoms with Crippen LogP contribution in [0.4, 0.5) is 13.2 Å². The molecule has 0 saturated heterocycles. The van der Waals surface area contributed by atoms with Crippen LogP contribution in [0.1, 0.15) is 11.1 Å². The molecule has 128 valence electrons. The molecule has 24 heavy (non-hydrogen) atoms. The number of hydrazine groups is 1. The zero-order chi connectivity index (χ0) is 17.9. The lowest BCUT2D eigenvalue weighted by Crippen LogP contribution is -2.27. The van der Waals surface area contributed by atoms with Gasteiger partial charge in [-0.3, -0.25) is 9.36 Å². The summed E-state index contributed by atoms with van der Waals surface area (Å²) in [4.78, 5) is 12.1. The van der Waals surface area contributed by atoms with E-state index in [1.54, 1.807) is 6.92 Å². The van der Waals surface area contributed by atoms with Gasteiger partial charge in [-0.15, -0.1) is 18.3 Å². The van der Waals surface area contributed by atoms with Crippen molar-refractivity contribution >= 4 is 5.84 Å². The van der Waals surface area contributed by atoms with Crippen molar-refractivity contribution in [2.24, 2.45) is 16.7 Å². The number of nitrogens with zero attached hydrogens (tertiary/aromatic N) is 2. The minimum atomic E-state index is -4.78. The number of alkyl halides is 3. The molecule has 0 unspecified atom stereocenters. The third-order valence-electron chi connectivity index (χ3n) is 3.07. The fourth-order valence-corrected chi connectivity index (χ4v) is 2.04. The number of hydrogen-bond acceptors (Lipinski definition) is 5. The van der Waals surface area contributed by atoms with Gasteiger partial charge >= 0.3 is 6.36 Å². The van der Waals surface area contributed by atoms with Crippen molar-refractivity contribution in [1.82, 2.24) is 10.1 Å². The molecule has 2 aromatic rings. The second-order valence-corrected chi connectivity index (χ2v) is 4.75. The molecule has 10 heteroatoms. The molecule has 2 rings (SSSR count). The summed E-state index contributed by atoms with van der Waals surface area (Å²) in [5.41, 5.74) is 8.77. The number of halogens is 3. The lowest BCUT2D eigenvalue weighted by Gasteiger charge is -2.12. The average Bonchev–Trinajstić information content (AvgIpc) is 2.47. The zero-order valence-corrected chi connectivity index (χ0v) is 12.5. The smallest absolute Gasteiger partial charge is 0.406 e. The molecule has 7 nitrogen and oxygen atoms in total. The fourth-order valence-electron chi connectivity index (χ4n) is 2.04. The third kappa shape index (κ3) is 4.04. The minimum Gasteiger partial charge on any atom is -0.406 e. The molecule has 0 spiro atoms. The van der Waals surface area contributed by atoms with E-state index in [4.69, 9.17) is 11.6 Å². The number of hydrazone groups is 1. The number of nitrogens with two attached hydrogens (primary N) is 2. The lowest BCUT2D eigenvalue weighted by atomic mass is 10.1. The maximum absolute atomic E-state index is 12.2. The van der Waals surface area contributed by atoms with Crippen LogP contribution in [-0.2, 0) is 0 Å². The number of aryl methyl sites for hydroxylation is 1. The van der Waals surface area contributed by atoms with Crippen molar-refractivity contribution in [3.63, 3.8) is 0 Å². The van der Waals surface area contributed by atoms with Gasteiger partial charge in [0.1, 0.15) is 5.75 Å². The molecule has 1 aromatic heterocycles. The Labute approximate surface area is 134 Å². The highest BCUT2D eigenvalue weighted by Gasteiger charge is 2.30. The number of nitrogens with one attached hydrogen (secondary N) is 1. The molecule has 0 aliphatic rings. The monoisotopic (exact) mass is 341 g/mol. The Bertz CT molecular complexity index is 813. The van der Waals surface area contributed by atoms with Crippen LogP contribution < -0.4 is 27.4 Å². The van der Waals surface area contributed by atoms with E-state index in [1.807, 2.05) is 5.53 Å². The van der Waals surface area contributed by atoms with Gasteiger partial charge in [-0.05, 0) is 36.8 Å². The third-order valence-corrected chi connectivity index (χ3v) is 3.07. The highest BCUT2D eigenvalue weighted by Crippen LogP contribution is 2.23. The topological polar surface area (TPSA) is 108 Å².